The van der Waals surface area contributed by atoms with E-state index >= 15 is 0 Å². The Morgan fingerprint density at radius 1 is 1.41 bits per heavy atom. The first-order chi connectivity index (χ1) is 13.8. The van der Waals surface area contributed by atoms with Crippen molar-refractivity contribution in [1.29, 1.82) is 0 Å². The van der Waals surface area contributed by atoms with Crippen molar-refractivity contribution in [3.8, 4) is 0 Å². The summed E-state index contributed by atoms with van der Waals surface area (Å²) in [5.41, 5.74) is -0.230. The number of imide groups is 1. The van der Waals surface area contributed by atoms with Gasteiger partial charge in [-0.3, -0.25) is 14.5 Å². The number of carbonyl (C=O) groups is 3. The summed E-state index contributed by atoms with van der Waals surface area (Å²) in [5, 5.41) is 4.77. The van der Waals surface area contributed by atoms with E-state index < -0.39 is 21.4 Å². The molecular formula is C19H25N3O5S2. The third kappa shape index (κ3) is 3.46. The second-order valence-corrected chi connectivity index (χ2v) is 11.2. The molecule has 2 fully saturated rings. The molecule has 0 unspecified atom stereocenters. The average Bonchev–Trinajstić information content (AvgIpc) is 3.34. The van der Waals surface area contributed by atoms with Gasteiger partial charge >= 0.3 is 6.03 Å². The van der Waals surface area contributed by atoms with Crippen molar-refractivity contribution in [3.05, 3.63) is 21.9 Å². The van der Waals surface area contributed by atoms with E-state index in [0.29, 0.717) is 25.8 Å². The lowest BCUT2D eigenvalue weighted by Crippen LogP contribution is -2.49. The first-order valence-electron chi connectivity index (χ1n) is 9.98. The van der Waals surface area contributed by atoms with E-state index in [2.05, 4.69) is 5.32 Å². The molecule has 29 heavy (non-hydrogen) atoms. The molecule has 0 bridgehead atoms. The van der Waals surface area contributed by atoms with Crippen LogP contribution < -0.4 is 5.32 Å². The van der Waals surface area contributed by atoms with Crippen molar-refractivity contribution < 1.29 is 22.8 Å². The van der Waals surface area contributed by atoms with Crippen molar-refractivity contribution in [2.45, 2.75) is 50.6 Å². The van der Waals surface area contributed by atoms with Gasteiger partial charge < -0.3 is 10.2 Å². The van der Waals surface area contributed by atoms with Crippen LogP contribution in [0.15, 0.2) is 11.4 Å². The fourth-order valence-corrected chi connectivity index (χ4v) is 7.41. The average molecular weight is 440 g/mol. The number of thiophene rings is 1. The van der Waals surface area contributed by atoms with Gasteiger partial charge in [-0.05, 0) is 43.6 Å². The molecule has 158 valence electrons. The lowest BCUT2D eigenvalue weighted by Gasteiger charge is -2.32. The summed E-state index contributed by atoms with van der Waals surface area (Å²) in [7, 11) is -3.14. The van der Waals surface area contributed by atoms with Gasteiger partial charge in [-0.2, -0.15) is 0 Å². The molecule has 1 aliphatic carbocycles. The van der Waals surface area contributed by atoms with Crippen LogP contribution in [0.1, 0.15) is 43.0 Å². The number of hydrogen-bond acceptors (Lipinski definition) is 6. The molecule has 1 aromatic heterocycles. The summed E-state index contributed by atoms with van der Waals surface area (Å²) in [6.45, 7) is 1.96. The van der Waals surface area contributed by atoms with Crippen LogP contribution in [0.25, 0.3) is 0 Å². The van der Waals surface area contributed by atoms with E-state index in [0.717, 1.165) is 28.2 Å². The maximum atomic E-state index is 13.3. The van der Waals surface area contributed by atoms with Crippen LogP contribution in [-0.2, 0) is 31.4 Å². The van der Waals surface area contributed by atoms with E-state index in [1.807, 2.05) is 18.4 Å². The molecule has 10 heteroatoms. The Hall–Kier alpha value is -1.94. The van der Waals surface area contributed by atoms with Gasteiger partial charge in [0, 0.05) is 23.0 Å². The number of rotatable bonds is 5. The van der Waals surface area contributed by atoms with Crippen molar-refractivity contribution in [2.24, 2.45) is 0 Å². The van der Waals surface area contributed by atoms with E-state index in [9.17, 15) is 22.8 Å². The molecule has 3 aliphatic rings. The van der Waals surface area contributed by atoms with Crippen LogP contribution in [0.3, 0.4) is 0 Å². The van der Waals surface area contributed by atoms with Crippen LogP contribution in [0.2, 0.25) is 0 Å². The van der Waals surface area contributed by atoms with Gasteiger partial charge in [0.1, 0.15) is 12.1 Å². The SMILES string of the molecule is CCCN(C(=O)CN1C(=O)N[C@@]2(CCCc3sccc32)C1=O)[C@H]1CCS(=O)(=O)C1. The molecule has 4 amide bonds. The normalized spacial score (nSPS) is 27.9. The molecule has 2 saturated heterocycles. The van der Waals surface area contributed by atoms with E-state index in [-0.39, 0.29) is 35.9 Å². The molecule has 2 aliphatic heterocycles. The maximum absolute atomic E-state index is 13.3. The molecule has 0 radical (unpaired) electrons. The molecular weight excluding hydrogens is 414 g/mol. The van der Waals surface area contributed by atoms with Gasteiger partial charge in [0.2, 0.25) is 5.91 Å². The largest absolute Gasteiger partial charge is 0.337 e. The lowest BCUT2D eigenvalue weighted by molar-refractivity contribution is -0.140. The minimum Gasteiger partial charge on any atom is -0.337 e. The summed E-state index contributed by atoms with van der Waals surface area (Å²) < 4.78 is 23.7. The van der Waals surface area contributed by atoms with Crippen LogP contribution in [0.5, 0.6) is 0 Å². The summed E-state index contributed by atoms with van der Waals surface area (Å²) in [6, 6.07) is 0.938. The Labute approximate surface area is 174 Å². The monoisotopic (exact) mass is 439 g/mol. The van der Waals surface area contributed by atoms with Crippen molar-refractivity contribution in [1.82, 2.24) is 15.1 Å². The fourth-order valence-electron chi connectivity index (χ4n) is 4.68. The predicted octanol–water partition coefficient (Wildman–Crippen LogP) is 1.26. The van der Waals surface area contributed by atoms with Crippen LogP contribution in [0.4, 0.5) is 4.79 Å². The zero-order chi connectivity index (χ0) is 20.8. The number of carbonyl (C=O) groups excluding carboxylic acids is 3. The molecule has 0 aromatic carbocycles. The lowest BCUT2D eigenvalue weighted by atomic mass is 9.80. The second kappa shape index (κ2) is 7.39. The topological polar surface area (TPSA) is 104 Å². The van der Waals surface area contributed by atoms with Crippen molar-refractivity contribution in [3.63, 3.8) is 0 Å². The number of sulfone groups is 1. The third-order valence-corrected chi connectivity index (χ3v) is 8.80. The Morgan fingerprint density at radius 3 is 2.90 bits per heavy atom. The highest BCUT2D eigenvalue weighted by Crippen LogP contribution is 2.42. The number of hydrogen-bond donors (Lipinski definition) is 1. The highest BCUT2D eigenvalue weighted by atomic mass is 32.2. The summed E-state index contributed by atoms with van der Waals surface area (Å²) in [5.74, 6) is -0.749. The highest BCUT2D eigenvalue weighted by Gasteiger charge is 2.55. The Balaban J connectivity index is 1.54. The number of aryl methyl sites for hydroxylation is 1. The van der Waals surface area contributed by atoms with E-state index in [1.54, 1.807) is 11.3 Å². The molecule has 1 N–H and O–H groups in total. The van der Waals surface area contributed by atoms with Crippen molar-refractivity contribution in [2.75, 3.05) is 24.6 Å². The van der Waals surface area contributed by atoms with Crippen LogP contribution >= 0.6 is 11.3 Å². The molecule has 8 nitrogen and oxygen atoms in total. The van der Waals surface area contributed by atoms with Gasteiger partial charge in [0.05, 0.1) is 11.5 Å². The molecule has 2 atom stereocenters. The highest BCUT2D eigenvalue weighted by molar-refractivity contribution is 7.91. The Morgan fingerprint density at radius 2 is 2.21 bits per heavy atom. The van der Waals surface area contributed by atoms with Gasteiger partial charge in [-0.1, -0.05) is 6.92 Å². The number of fused-ring (bicyclic) bond motifs is 2. The van der Waals surface area contributed by atoms with E-state index in [1.165, 1.54) is 4.90 Å². The number of urea groups is 1. The minimum absolute atomic E-state index is 0.0545. The maximum Gasteiger partial charge on any atom is 0.325 e. The number of nitrogens with one attached hydrogen (secondary N) is 1. The second-order valence-electron chi connectivity index (χ2n) is 7.98. The summed E-state index contributed by atoms with van der Waals surface area (Å²) >= 11 is 1.58. The van der Waals surface area contributed by atoms with Crippen LogP contribution in [-0.4, -0.2) is 66.7 Å². The van der Waals surface area contributed by atoms with E-state index in [4.69, 9.17) is 0 Å². The molecule has 3 heterocycles. The third-order valence-electron chi connectivity index (χ3n) is 6.06. The Kier molecular flexibility index (Phi) is 5.18. The smallest absolute Gasteiger partial charge is 0.325 e. The van der Waals surface area contributed by atoms with Gasteiger partial charge in [-0.25, -0.2) is 13.2 Å². The molecule has 1 aromatic rings. The minimum atomic E-state index is -3.14. The fraction of sp³-hybridized carbons (Fsp3) is 0.632. The molecule has 4 rings (SSSR count). The zero-order valence-electron chi connectivity index (χ0n) is 16.3. The molecule has 0 saturated carbocycles. The quantitative estimate of drug-likeness (QED) is 0.696. The van der Waals surface area contributed by atoms with Gasteiger partial charge in [-0.15, -0.1) is 11.3 Å². The first kappa shape index (κ1) is 20.3. The van der Waals surface area contributed by atoms with Crippen molar-refractivity contribution >= 4 is 39.0 Å². The Bertz CT molecular complexity index is 957. The number of nitrogens with zero attached hydrogens (tertiary/aromatic N) is 2. The standard InChI is InChI=1S/C19H25N3O5S2/c1-2-8-21(13-6-10-29(26,27)12-13)16(23)11-22-17(24)19(20-18(22)25)7-3-4-15-14(19)5-9-28-15/h5,9,13H,2-4,6-8,10-12H2,1H3,(H,20,25)/t13-,19+/m0/s1. The van der Waals surface area contributed by atoms with Gasteiger partial charge in [0.15, 0.2) is 9.84 Å². The zero-order valence-corrected chi connectivity index (χ0v) is 18.0. The molecule has 1 spiro atoms. The van der Waals surface area contributed by atoms with Crippen LogP contribution in [0, 0.1) is 0 Å². The predicted molar refractivity (Wildman–Crippen MR) is 108 cm³/mol. The van der Waals surface area contributed by atoms with Gasteiger partial charge in [0.25, 0.3) is 5.91 Å². The number of amides is 4. The first-order valence-corrected chi connectivity index (χ1v) is 12.7. The summed E-state index contributed by atoms with van der Waals surface area (Å²) in [6.07, 6.45) is 3.27. The summed E-state index contributed by atoms with van der Waals surface area (Å²) in [4.78, 5) is 42.6.